The minimum absolute atomic E-state index is 0.0898. The Balaban J connectivity index is 1.18. The third-order valence-corrected chi connectivity index (χ3v) is 9.12. The molecular formula is C32H37ClN4O3S. The number of rotatable bonds is 10. The van der Waals surface area contributed by atoms with Crippen LogP contribution in [0.5, 0.6) is 5.75 Å². The highest BCUT2D eigenvalue weighted by molar-refractivity contribution is 7.13. The predicted molar refractivity (Wildman–Crippen MR) is 165 cm³/mol. The molecule has 2 saturated heterocycles. The number of anilines is 1. The van der Waals surface area contributed by atoms with Gasteiger partial charge in [0.25, 0.3) is 5.91 Å². The number of hydrogen-bond donors (Lipinski definition) is 0. The van der Waals surface area contributed by atoms with Crippen molar-refractivity contribution in [1.82, 2.24) is 14.8 Å². The van der Waals surface area contributed by atoms with Crippen LogP contribution in [0.15, 0.2) is 66.9 Å². The summed E-state index contributed by atoms with van der Waals surface area (Å²) in [6.45, 7) is 5.08. The van der Waals surface area contributed by atoms with Gasteiger partial charge in [0.15, 0.2) is 0 Å². The van der Waals surface area contributed by atoms with Crippen molar-refractivity contribution in [3.05, 3.63) is 87.4 Å². The molecule has 2 aromatic carbocycles. The van der Waals surface area contributed by atoms with Gasteiger partial charge in [-0.1, -0.05) is 29.8 Å². The van der Waals surface area contributed by atoms with E-state index in [-0.39, 0.29) is 11.8 Å². The molecule has 0 unspecified atom stereocenters. The van der Waals surface area contributed by atoms with Gasteiger partial charge in [0.2, 0.25) is 5.91 Å². The summed E-state index contributed by atoms with van der Waals surface area (Å²) >= 11 is 7.59. The lowest BCUT2D eigenvalue weighted by Gasteiger charge is -2.31. The number of thiazole rings is 1. The Labute approximate surface area is 251 Å². The van der Waals surface area contributed by atoms with E-state index in [1.54, 1.807) is 36.4 Å². The lowest BCUT2D eigenvalue weighted by Crippen LogP contribution is -2.38. The van der Waals surface area contributed by atoms with E-state index in [2.05, 4.69) is 9.88 Å². The number of aromatic nitrogens is 1. The van der Waals surface area contributed by atoms with Crippen LogP contribution in [0.3, 0.4) is 0 Å². The molecule has 2 aliphatic rings. The second-order valence-electron chi connectivity index (χ2n) is 10.7. The van der Waals surface area contributed by atoms with Crippen LogP contribution in [0.25, 0.3) is 0 Å². The Morgan fingerprint density at radius 1 is 1.05 bits per heavy atom. The summed E-state index contributed by atoms with van der Waals surface area (Å²) in [4.78, 5) is 37.7. The molecule has 216 valence electrons. The van der Waals surface area contributed by atoms with Crippen molar-refractivity contribution >= 4 is 40.4 Å². The lowest BCUT2D eigenvalue weighted by molar-refractivity contribution is -0.127. The molecule has 0 spiro atoms. The van der Waals surface area contributed by atoms with Crippen molar-refractivity contribution < 1.29 is 14.3 Å². The first-order valence-electron chi connectivity index (χ1n) is 14.3. The zero-order valence-electron chi connectivity index (χ0n) is 23.5. The van der Waals surface area contributed by atoms with Crippen LogP contribution in [-0.4, -0.2) is 66.4 Å². The molecule has 3 aromatic rings. The number of piperidine rings is 1. The third kappa shape index (κ3) is 7.97. The van der Waals surface area contributed by atoms with Gasteiger partial charge in [0.05, 0.1) is 24.9 Å². The van der Waals surface area contributed by atoms with E-state index < -0.39 is 0 Å². The number of nitrogens with zero attached hydrogens (tertiary/aromatic N) is 4. The van der Waals surface area contributed by atoms with Crippen molar-refractivity contribution in [2.45, 2.75) is 38.6 Å². The Morgan fingerprint density at radius 3 is 2.44 bits per heavy atom. The van der Waals surface area contributed by atoms with Crippen molar-refractivity contribution in [3.63, 3.8) is 0 Å². The van der Waals surface area contributed by atoms with E-state index in [0.29, 0.717) is 22.4 Å². The molecule has 0 radical (unpaired) electrons. The van der Waals surface area contributed by atoms with Gasteiger partial charge in [-0.15, -0.1) is 11.3 Å². The fourth-order valence-electron chi connectivity index (χ4n) is 5.43. The molecule has 0 bridgehead atoms. The molecule has 2 aliphatic heterocycles. The number of carbonyl (C=O) groups is 2. The summed E-state index contributed by atoms with van der Waals surface area (Å²) in [6, 6.07) is 15.0. The maximum absolute atomic E-state index is 13.7. The minimum atomic E-state index is -0.0898. The number of ether oxygens (including phenoxy) is 1. The van der Waals surface area contributed by atoms with Gasteiger partial charge in [-0.3, -0.25) is 14.5 Å². The van der Waals surface area contributed by atoms with Gasteiger partial charge < -0.3 is 14.5 Å². The zero-order valence-corrected chi connectivity index (χ0v) is 25.1. The van der Waals surface area contributed by atoms with Gasteiger partial charge in [-0.2, -0.15) is 0 Å². The topological polar surface area (TPSA) is 66.0 Å². The third-order valence-electron chi connectivity index (χ3n) is 7.86. The number of benzene rings is 2. The highest BCUT2D eigenvalue weighted by Crippen LogP contribution is 2.28. The molecule has 5 rings (SSSR count). The average Bonchev–Trinajstić information content (AvgIpc) is 3.69. The number of hydrogen-bond acceptors (Lipinski definition) is 6. The van der Waals surface area contributed by atoms with Crippen molar-refractivity contribution in [2.24, 2.45) is 5.92 Å². The fraction of sp³-hybridized carbons (Fsp3) is 0.406. The first kappa shape index (κ1) is 29.3. The first-order chi connectivity index (χ1) is 20.0. The molecule has 9 heteroatoms. The van der Waals surface area contributed by atoms with Gasteiger partial charge in [0.1, 0.15) is 10.6 Å². The molecule has 1 aromatic heterocycles. The summed E-state index contributed by atoms with van der Waals surface area (Å²) in [6.07, 6.45) is 10.7. The van der Waals surface area contributed by atoms with Crippen LogP contribution in [0.2, 0.25) is 5.02 Å². The lowest BCUT2D eigenvalue weighted by atomic mass is 9.94. The highest BCUT2D eigenvalue weighted by Gasteiger charge is 2.25. The van der Waals surface area contributed by atoms with Gasteiger partial charge in [-0.05, 0) is 86.7 Å². The molecule has 2 amide bonds. The predicted octanol–water partition coefficient (Wildman–Crippen LogP) is 6.09. The second-order valence-corrected chi connectivity index (χ2v) is 12.3. The van der Waals surface area contributed by atoms with Crippen LogP contribution >= 0.6 is 22.9 Å². The quantitative estimate of drug-likeness (QED) is 0.267. The van der Waals surface area contributed by atoms with Crippen molar-refractivity contribution in [1.29, 1.82) is 0 Å². The number of amides is 2. The van der Waals surface area contributed by atoms with Gasteiger partial charge in [0, 0.05) is 42.8 Å². The minimum Gasteiger partial charge on any atom is -0.497 e. The van der Waals surface area contributed by atoms with E-state index in [1.807, 2.05) is 47.4 Å². The summed E-state index contributed by atoms with van der Waals surface area (Å²) in [7, 11) is 1.64. The maximum atomic E-state index is 13.7. The summed E-state index contributed by atoms with van der Waals surface area (Å²) < 4.78 is 5.28. The van der Waals surface area contributed by atoms with Crippen LogP contribution in [0.1, 0.15) is 45.9 Å². The summed E-state index contributed by atoms with van der Waals surface area (Å²) in [5, 5.41) is 1.58. The van der Waals surface area contributed by atoms with Crippen LogP contribution in [0.4, 0.5) is 5.69 Å². The maximum Gasteiger partial charge on any atom is 0.270 e. The molecule has 2 fully saturated rings. The van der Waals surface area contributed by atoms with E-state index >= 15 is 0 Å². The Hall–Kier alpha value is -3.20. The number of carbonyl (C=O) groups excluding carboxylic acids is 2. The Kier molecular flexibility index (Phi) is 10.1. The normalized spacial score (nSPS) is 16.4. The zero-order chi connectivity index (χ0) is 28.6. The average molecular weight is 593 g/mol. The molecule has 3 heterocycles. The van der Waals surface area contributed by atoms with Gasteiger partial charge >= 0.3 is 0 Å². The molecular weight excluding hydrogens is 556 g/mol. The second kappa shape index (κ2) is 14.1. The molecule has 7 nitrogen and oxygen atoms in total. The fourth-order valence-corrected chi connectivity index (χ4v) is 6.54. The summed E-state index contributed by atoms with van der Waals surface area (Å²) in [5.74, 6) is 1.25. The molecule has 0 N–H and O–H groups in total. The highest BCUT2D eigenvalue weighted by atomic mass is 35.5. The Bertz CT molecular complexity index is 1330. The van der Waals surface area contributed by atoms with Crippen LogP contribution in [-0.2, 0) is 17.8 Å². The van der Waals surface area contributed by atoms with Gasteiger partial charge in [-0.25, -0.2) is 4.98 Å². The number of halogens is 1. The molecule has 0 saturated carbocycles. The smallest absolute Gasteiger partial charge is 0.270 e. The van der Waals surface area contributed by atoms with Crippen LogP contribution < -0.4 is 9.64 Å². The summed E-state index contributed by atoms with van der Waals surface area (Å²) in [5.41, 5.74) is 1.77. The largest absolute Gasteiger partial charge is 0.497 e. The number of likely N-dealkylation sites (tertiary alicyclic amines) is 2. The molecule has 41 heavy (non-hydrogen) atoms. The van der Waals surface area contributed by atoms with E-state index in [1.165, 1.54) is 24.2 Å². The monoisotopic (exact) mass is 592 g/mol. The molecule has 0 aliphatic carbocycles. The Morgan fingerprint density at radius 2 is 1.76 bits per heavy atom. The van der Waals surface area contributed by atoms with Crippen molar-refractivity contribution in [3.8, 4) is 5.75 Å². The molecule has 0 atom stereocenters. The SMILES string of the molecule is COc1ccc(CN(C(=O)c2cnc(CC3CCN(C(=O)/C=C/CN4CCCC4)CC3)s2)c2ccc(Cl)cc2)cc1. The van der Waals surface area contributed by atoms with E-state index in [9.17, 15) is 9.59 Å². The standard InChI is InChI=1S/C32H37ClN4O3S/c1-40-28-12-6-25(7-13-28)23-37(27-10-8-26(33)9-11-27)32(39)29-22-34-30(41-29)21-24-14-19-36(20-15-24)31(38)5-4-18-35-16-2-3-17-35/h4-13,22,24H,2-3,14-21,23H2,1H3/b5-4+. The first-order valence-corrected chi connectivity index (χ1v) is 15.5. The van der Waals surface area contributed by atoms with E-state index in [0.717, 1.165) is 74.0 Å². The van der Waals surface area contributed by atoms with E-state index in [4.69, 9.17) is 16.3 Å². The number of methoxy groups -OCH3 is 1. The van der Waals surface area contributed by atoms with Crippen LogP contribution in [0, 0.1) is 5.92 Å². The van der Waals surface area contributed by atoms with Crippen molar-refractivity contribution in [2.75, 3.05) is 44.7 Å².